The monoisotopic (exact) mass is 379 g/mol. The van der Waals surface area contributed by atoms with Crippen LogP contribution in [0.4, 0.5) is 5.69 Å². The van der Waals surface area contributed by atoms with Gasteiger partial charge in [-0.15, -0.1) is 0 Å². The van der Waals surface area contributed by atoms with Crippen molar-refractivity contribution in [3.05, 3.63) is 57.2 Å². The first-order valence-electron chi connectivity index (χ1n) is 6.82. The van der Waals surface area contributed by atoms with E-state index < -0.39 is 0 Å². The molecule has 1 N–H and O–H groups in total. The molecule has 2 nitrogen and oxygen atoms in total. The van der Waals surface area contributed by atoms with E-state index in [1.165, 1.54) is 14.7 Å². The molecule has 0 atom stereocenters. The van der Waals surface area contributed by atoms with Crippen LogP contribution in [0.25, 0.3) is 0 Å². The molecule has 3 rings (SSSR count). The predicted molar refractivity (Wildman–Crippen MR) is 91.3 cm³/mol. The summed E-state index contributed by atoms with van der Waals surface area (Å²) in [5, 5.41) is 3.46. The molecule has 2 aromatic carbocycles. The van der Waals surface area contributed by atoms with E-state index in [1.54, 1.807) is 0 Å². The van der Waals surface area contributed by atoms with Crippen LogP contribution in [-0.4, -0.2) is 5.60 Å². The number of hydrogen-bond donors (Lipinski definition) is 1. The molecule has 3 heteroatoms. The van der Waals surface area contributed by atoms with E-state index in [9.17, 15) is 0 Å². The number of ether oxygens (including phenoxy) is 1. The van der Waals surface area contributed by atoms with Gasteiger partial charge in [0.1, 0.15) is 11.4 Å². The van der Waals surface area contributed by atoms with Gasteiger partial charge < -0.3 is 10.1 Å². The Kier molecular flexibility index (Phi) is 3.63. The molecule has 0 bridgehead atoms. The van der Waals surface area contributed by atoms with Gasteiger partial charge in [0.2, 0.25) is 0 Å². The fraction of sp³-hybridized carbons (Fsp3) is 0.294. The second-order valence-corrected chi connectivity index (χ2v) is 7.09. The number of halogens is 1. The summed E-state index contributed by atoms with van der Waals surface area (Å²) in [7, 11) is 0. The average molecular weight is 379 g/mol. The van der Waals surface area contributed by atoms with Crippen molar-refractivity contribution in [2.45, 2.75) is 32.4 Å². The highest BCUT2D eigenvalue weighted by Gasteiger charge is 2.29. The zero-order valence-corrected chi connectivity index (χ0v) is 13.9. The van der Waals surface area contributed by atoms with Crippen LogP contribution in [0.2, 0.25) is 0 Å². The number of nitrogens with one attached hydrogen (secondary N) is 1. The van der Waals surface area contributed by atoms with Crippen molar-refractivity contribution in [1.29, 1.82) is 0 Å². The van der Waals surface area contributed by atoms with E-state index in [0.29, 0.717) is 0 Å². The molecule has 1 heterocycles. The maximum absolute atomic E-state index is 5.90. The number of hydrogen-bond acceptors (Lipinski definition) is 2. The topological polar surface area (TPSA) is 21.3 Å². The summed E-state index contributed by atoms with van der Waals surface area (Å²) in [4.78, 5) is 0. The third-order valence-corrected chi connectivity index (χ3v) is 4.19. The molecule has 20 heavy (non-hydrogen) atoms. The van der Waals surface area contributed by atoms with Gasteiger partial charge in [0.25, 0.3) is 0 Å². The summed E-state index contributed by atoms with van der Waals surface area (Å²) in [6.07, 6.45) is 0.986. The van der Waals surface area contributed by atoms with E-state index in [1.807, 2.05) is 0 Å². The Bertz CT molecular complexity index is 619. The lowest BCUT2D eigenvalue weighted by Crippen LogP contribution is -2.24. The van der Waals surface area contributed by atoms with Crippen molar-refractivity contribution in [1.82, 2.24) is 0 Å². The summed E-state index contributed by atoms with van der Waals surface area (Å²) >= 11 is 2.32. The molecular formula is C17H18INO. The Morgan fingerprint density at radius 3 is 2.65 bits per heavy atom. The summed E-state index contributed by atoms with van der Waals surface area (Å²) in [5.41, 5.74) is 3.70. The largest absolute Gasteiger partial charge is 0.487 e. The summed E-state index contributed by atoms with van der Waals surface area (Å²) in [6, 6.07) is 14.9. The van der Waals surface area contributed by atoms with E-state index in [0.717, 1.165) is 24.4 Å². The second kappa shape index (κ2) is 5.28. The van der Waals surface area contributed by atoms with Crippen LogP contribution in [-0.2, 0) is 13.0 Å². The first-order valence-corrected chi connectivity index (χ1v) is 7.90. The minimum absolute atomic E-state index is 0.0650. The molecule has 0 unspecified atom stereocenters. The number of fused-ring (bicyclic) bond motifs is 1. The lowest BCUT2D eigenvalue weighted by atomic mass is 10.0. The van der Waals surface area contributed by atoms with Crippen LogP contribution in [0, 0.1) is 3.57 Å². The van der Waals surface area contributed by atoms with Crippen LogP contribution < -0.4 is 10.1 Å². The first-order chi connectivity index (χ1) is 9.52. The molecule has 0 amide bonds. The summed E-state index contributed by atoms with van der Waals surface area (Å²) in [5.74, 6) is 1.04. The zero-order valence-electron chi connectivity index (χ0n) is 11.7. The highest BCUT2D eigenvalue weighted by atomic mass is 127. The van der Waals surface area contributed by atoms with Crippen LogP contribution in [0.15, 0.2) is 42.5 Å². The lowest BCUT2D eigenvalue weighted by molar-refractivity contribution is 0.138. The molecule has 0 fully saturated rings. The predicted octanol–water partition coefficient (Wildman–Crippen LogP) is 4.62. The van der Waals surface area contributed by atoms with E-state index in [4.69, 9.17) is 4.74 Å². The normalized spacial score (nSPS) is 15.6. The third kappa shape index (κ3) is 3.08. The van der Waals surface area contributed by atoms with Gasteiger partial charge in [0.15, 0.2) is 0 Å². The molecule has 0 spiro atoms. The molecule has 0 saturated carbocycles. The standard InChI is InChI=1S/C17H18INO/c1-17(2)10-13-9-12(3-8-16(13)20-17)11-19-15-6-4-14(18)5-7-15/h3-9,19H,10-11H2,1-2H3. The van der Waals surface area contributed by atoms with Gasteiger partial charge in [-0.05, 0) is 77.9 Å². The van der Waals surface area contributed by atoms with E-state index >= 15 is 0 Å². The van der Waals surface area contributed by atoms with Crippen molar-refractivity contribution in [2.75, 3.05) is 5.32 Å². The highest BCUT2D eigenvalue weighted by Crippen LogP contribution is 2.35. The minimum Gasteiger partial charge on any atom is -0.487 e. The Balaban J connectivity index is 1.69. The Labute approximate surface area is 133 Å². The molecule has 104 valence electrons. The quantitative estimate of drug-likeness (QED) is 0.786. The fourth-order valence-corrected chi connectivity index (χ4v) is 2.90. The third-order valence-electron chi connectivity index (χ3n) is 3.47. The Morgan fingerprint density at radius 1 is 1.15 bits per heavy atom. The molecule has 2 aromatic rings. The lowest BCUT2D eigenvalue weighted by Gasteiger charge is -2.16. The zero-order chi connectivity index (χ0) is 14.2. The van der Waals surface area contributed by atoms with Gasteiger partial charge in [-0.1, -0.05) is 12.1 Å². The molecule has 0 saturated heterocycles. The van der Waals surface area contributed by atoms with Crippen LogP contribution in [0.3, 0.4) is 0 Å². The SMILES string of the molecule is CC1(C)Cc2cc(CNc3ccc(I)cc3)ccc2O1. The van der Waals surface area contributed by atoms with Crippen molar-refractivity contribution < 1.29 is 4.74 Å². The van der Waals surface area contributed by atoms with Gasteiger partial charge in [-0.2, -0.15) is 0 Å². The van der Waals surface area contributed by atoms with Gasteiger partial charge in [-0.25, -0.2) is 0 Å². The number of anilines is 1. The van der Waals surface area contributed by atoms with Crippen molar-refractivity contribution in [3.63, 3.8) is 0 Å². The average Bonchev–Trinajstić information content (AvgIpc) is 2.71. The fourth-order valence-electron chi connectivity index (χ4n) is 2.54. The van der Waals surface area contributed by atoms with E-state index in [2.05, 4.69) is 84.2 Å². The highest BCUT2D eigenvalue weighted by molar-refractivity contribution is 14.1. The van der Waals surface area contributed by atoms with Crippen LogP contribution >= 0.6 is 22.6 Å². The molecule has 0 aliphatic carbocycles. The number of rotatable bonds is 3. The smallest absolute Gasteiger partial charge is 0.123 e. The molecular weight excluding hydrogens is 361 g/mol. The van der Waals surface area contributed by atoms with Crippen LogP contribution in [0.5, 0.6) is 5.75 Å². The molecule has 0 aromatic heterocycles. The van der Waals surface area contributed by atoms with Crippen LogP contribution in [0.1, 0.15) is 25.0 Å². The second-order valence-electron chi connectivity index (χ2n) is 5.84. The van der Waals surface area contributed by atoms with Gasteiger partial charge in [-0.3, -0.25) is 0 Å². The maximum Gasteiger partial charge on any atom is 0.123 e. The van der Waals surface area contributed by atoms with Gasteiger partial charge in [0, 0.05) is 22.2 Å². The van der Waals surface area contributed by atoms with Gasteiger partial charge >= 0.3 is 0 Å². The number of benzene rings is 2. The molecule has 1 aliphatic rings. The maximum atomic E-state index is 5.90. The minimum atomic E-state index is -0.0650. The van der Waals surface area contributed by atoms with Crippen molar-refractivity contribution >= 4 is 28.3 Å². The Morgan fingerprint density at radius 2 is 1.90 bits per heavy atom. The van der Waals surface area contributed by atoms with Crippen molar-refractivity contribution in [2.24, 2.45) is 0 Å². The Hall–Kier alpha value is -1.23. The van der Waals surface area contributed by atoms with Gasteiger partial charge in [0.05, 0.1) is 0 Å². The first kappa shape index (κ1) is 13.7. The summed E-state index contributed by atoms with van der Waals surface area (Å²) < 4.78 is 7.16. The summed E-state index contributed by atoms with van der Waals surface area (Å²) in [6.45, 7) is 5.11. The van der Waals surface area contributed by atoms with E-state index in [-0.39, 0.29) is 5.60 Å². The molecule has 0 radical (unpaired) electrons. The van der Waals surface area contributed by atoms with Crippen molar-refractivity contribution in [3.8, 4) is 5.75 Å². The molecule has 1 aliphatic heterocycles.